The highest BCUT2D eigenvalue weighted by Gasteiger charge is 2.46. The lowest BCUT2D eigenvalue weighted by Crippen LogP contribution is -2.59. The fourth-order valence-corrected chi connectivity index (χ4v) is 9.89. The van der Waals surface area contributed by atoms with Gasteiger partial charge in [-0.25, -0.2) is 4.98 Å². The maximum absolute atomic E-state index is 14.1. The average molecular weight is 528 g/mol. The number of rotatable bonds is 7. The van der Waals surface area contributed by atoms with Gasteiger partial charge >= 0.3 is 7.60 Å². The first-order valence-electron chi connectivity index (χ1n) is 14.7. The van der Waals surface area contributed by atoms with E-state index in [1.54, 1.807) is 13.8 Å². The maximum Gasteiger partial charge on any atom is 0.385 e. The summed E-state index contributed by atoms with van der Waals surface area (Å²) in [4.78, 5) is 21.6. The highest BCUT2D eigenvalue weighted by Crippen LogP contribution is 2.48. The molecule has 202 valence electrons. The van der Waals surface area contributed by atoms with Crippen molar-refractivity contribution >= 4 is 24.1 Å². The van der Waals surface area contributed by atoms with Crippen LogP contribution in [0.2, 0.25) is 0 Å². The molecule has 6 atom stereocenters. The third kappa shape index (κ3) is 4.75. The van der Waals surface area contributed by atoms with Gasteiger partial charge < -0.3 is 13.6 Å². The SMILES string of the molecule is CCOP(=O)(OCC)c1nc2ccccc2n([C@H]2C[C@H]3CCC[C@@H](C2)N3[C@H]2C[C@@H]3CCC[C@@H](C3)C2)c1=O. The van der Waals surface area contributed by atoms with Crippen molar-refractivity contribution < 1.29 is 13.6 Å². The Morgan fingerprint density at radius 1 is 0.838 bits per heavy atom. The Kier molecular flexibility index (Phi) is 7.34. The van der Waals surface area contributed by atoms with Crippen molar-refractivity contribution in [1.82, 2.24) is 14.5 Å². The minimum absolute atomic E-state index is 0.0606. The molecule has 37 heavy (non-hydrogen) atoms. The van der Waals surface area contributed by atoms with Gasteiger partial charge in [0, 0.05) is 24.2 Å². The number of hydrogen-bond acceptors (Lipinski definition) is 6. The summed E-state index contributed by atoms with van der Waals surface area (Å²) in [6.45, 7) is 3.91. The van der Waals surface area contributed by atoms with E-state index in [0.29, 0.717) is 23.6 Å². The Bertz CT molecular complexity index is 1200. The fourth-order valence-electron chi connectivity index (χ4n) is 8.32. The first-order chi connectivity index (χ1) is 18.0. The Labute approximate surface area is 220 Å². The molecular formula is C29H42N3O4P. The van der Waals surface area contributed by atoms with Crippen LogP contribution in [-0.2, 0) is 13.6 Å². The predicted octanol–water partition coefficient (Wildman–Crippen LogP) is 5.81. The van der Waals surface area contributed by atoms with Crippen molar-refractivity contribution in [3.8, 4) is 0 Å². The number of hydrogen-bond donors (Lipinski definition) is 0. The van der Waals surface area contributed by atoms with Crippen LogP contribution in [0.25, 0.3) is 11.0 Å². The van der Waals surface area contributed by atoms with E-state index in [1.165, 1.54) is 57.8 Å². The first kappa shape index (κ1) is 25.7. The van der Waals surface area contributed by atoms with Gasteiger partial charge in [-0.15, -0.1) is 0 Å². The van der Waals surface area contributed by atoms with Crippen molar-refractivity contribution in [2.75, 3.05) is 13.2 Å². The molecule has 0 radical (unpaired) electrons. The van der Waals surface area contributed by atoms with Crippen LogP contribution in [0.4, 0.5) is 0 Å². The number of para-hydroxylation sites is 2. The Balaban J connectivity index is 1.37. The van der Waals surface area contributed by atoms with Crippen LogP contribution in [0, 0.1) is 11.8 Å². The minimum Gasteiger partial charge on any atom is -0.304 e. The zero-order valence-electron chi connectivity index (χ0n) is 22.4. The van der Waals surface area contributed by atoms with Gasteiger partial charge in [-0.1, -0.05) is 37.8 Å². The van der Waals surface area contributed by atoms with Crippen LogP contribution >= 0.6 is 7.60 Å². The quantitative estimate of drug-likeness (QED) is 0.423. The molecule has 0 N–H and O–H groups in total. The van der Waals surface area contributed by atoms with E-state index in [4.69, 9.17) is 9.05 Å². The van der Waals surface area contributed by atoms with Crippen LogP contribution in [0.5, 0.6) is 0 Å². The van der Waals surface area contributed by atoms with Gasteiger partial charge in [-0.2, -0.15) is 0 Å². The Hall–Kier alpha value is -1.53. The van der Waals surface area contributed by atoms with Crippen LogP contribution in [0.1, 0.15) is 90.5 Å². The third-order valence-electron chi connectivity index (χ3n) is 9.53. The summed E-state index contributed by atoms with van der Waals surface area (Å²) in [5, 5.41) is 0. The van der Waals surface area contributed by atoms with Crippen molar-refractivity contribution in [3.63, 3.8) is 0 Å². The fraction of sp³-hybridized carbons (Fsp3) is 0.724. The van der Waals surface area contributed by atoms with Crippen LogP contribution in [0.3, 0.4) is 0 Å². The lowest BCUT2D eigenvalue weighted by molar-refractivity contribution is -0.0485. The maximum atomic E-state index is 14.1. The smallest absolute Gasteiger partial charge is 0.304 e. The molecule has 8 heteroatoms. The molecule has 2 saturated heterocycles. The summed E-state index contributed by atoms with van der Waals surface area (Å²) in [6, 6.07) is 9.53. The summed E-state index contributed by atoms with van der Waals surface area (Å²) in [5.41, 5.74) is 1.11. The van der Waals surface area contributed by atoms with Gasteiger partial charge in [0.1, 0.15) is 0 Å². The molecule has 4 bridgehead atoms. The molecule has 1 aromatic carbocycles. The van der Waals surface area contributed by atoms with E-state index in [2.05, 4.69) is 9.88 Å². The lowest BCUT2D eigenvalue weighted by atomic mass is 9.68. The van der Waals surface area contributed by atoms with E-state index in [9.17, 15) is 9.36 Å². The summed E-state index contributed by atoms with van der Waals surface area (Å²) in [7, 11) is -3.82. The third-order valence-corrected chi connectivity index (χ3v) is 11.5. The predicted molar refractivity (Wildman–Crippen MR) is 147 cm³/mol. The van der Waals surface area contributed by atoms with Gasteiger partial charge in [-0.3, -0.25) is 14.3 Å². The molecule has 4 aliphatic rings. The zero-order chi connectivity index (χ0) is 25.6. The number of nitrogens with zero attached hydrogens (tertiary/aromatic N) is 3. The van der Waals surface area contributed by atoms with Gasteiger partial charge in [0.2, 0.25) is 5.44 Å². The van der Waals surface area contributed by atoms with E-state index in [1.807, 2.05) is 28.8 Å². The number of fused-ring (bicyclic) bond motifs is 5. The Morgan fingerprint density at radius 3 is 2.11 bits per heavy atom. The van der Waals surface area contributed by atoms with Crippen LogP contribution in [-0.4, -0.2) is 45.8 Å². The molecule has 4 fully saturated rings. The molecule has 3 heterocycles. The molecule has 2 aromatic rings. The van der Waals surface area contributed by atoms with Crippen molar-refractivity contribution in [2.45, 2.75) is 109 Å². The van der Waals surface area contributed by atoms with Crippen LogP contribution < -0.4 is 11.0 Å². The Morgan fingerprint density at radius 2 is 1.46 bits per heavy atom. The second-order valence-electron chi connectivity index (χ2n) is 11.8. The van der Waals surface area contributed by atoms with Gasteiger partial charge in [0.15, 0.2) is 0 Å². The lowest BCUT2D eigenvalue weighted by Gasteiger charge is -2.55. The second-order valence-corrected chi connectivity index (χ2v) is 13.7. The highest BCUT2D eigenvalue weighted by atomic mass is 31.2. The minimum atomic E-state index is -3.82. The molecule has 7 nitrogen and oxygen atoms in total. The van der Waals surface area contributed by atoms with Crippen molar-refractivity contribution in [3.05, 3.63) is 34.6 Å². The van der Waals surface area contributed by atoms with Gasteiger partial charge in [0.25, 0.3) is 5.56 Å². The van der Waals surface area contributed by atoms with Crippen molar-refractivity contribution in [2.24, 2.45) is 11.8 Å². The summed E-state index contributed by atoms with van der Waals surface area (Å²) < 4.78 is 26.8. The average Bonchev–Trinajstić information content (AvgIpc) is 2.87. The van der Waals surface area contributed by atoms with E-state index in [0.717, 1.165) is 30.2 Å². The van der Waals surface area contributed by atoms with Crippen molar-refractivity contribution in [1.29, 1.82) is 0 Å². The van der Waals surface area contributed by atoms with E-state index in [-0.39, 0.29) is 30.2 Å². The molecule has 1 aromatic heterocycles. The van der Waals surface area contributed by atoms with E-state index < -0.39 is 7.60 Å². The summed E-state index contributed by atoms with van der Waals surface area (Å²) >= 11 is 0. The largest absolute Gasteiger partial charge is 0.385 e. The highest BCUT2D eigenvalue weighted by molar-refractivity contribution is 7.61. The van der Waals surface area contributed by atoms with Gasteiger partial charge in [-0.05, 0) is 82.8 Å². The molecular weight excluding hydrogens is 485 g/mol. The number of benzene rings is 1. The number of piperidine rings is 2. The molecule has 2 saturated carbocycles. The molecule has 2 aliphatic carbocycles. The standard InChI is InChI=1S/C29H42N3O4P/c1-3-35-37(34,36-4-2)28-29(33)32(27-14-6-5-13-26(27)30-28)25-18-22-11-8-12-23(19-25)31(22)24-16-20-9-7-10-21(15-20)17-24/h5-6,13-14,20-25H,3-4,7-12,15-19H2,1-2H3/t20-,21+,22-,23+,24+,25+. The molecule has 0 unspecified atom stereocenters. The van der Waals surface area contributed by atoms with E-state index >= 15 is 0 Å². The normalized spacial score (nSPS) is 32.5. The van der Waals surface area contributed by atoms with Crippen LogP contribution in [0.15, 0.2) is 29.1 Å². The molecule has 6 rings (SSSR count). The molecule has 2 aliphatic heterocycles. The van der Waals surface area contributed by atoms with Gasteiger partial charge in [0.05, 0.1) is 24.2 Å². The second kappa shape index (κ2) is 10.6. The molecule has 0 amide bonds. The zero-order valence-corrected chi connectivity index (χ0v) is 23.3. The number of aromatic nitrogens is 2. The molecule has 0 spiro atoms. The summed E-state index contributed by atoms with van der Waals surface area (Å²) in [6.07, 6.45) is 14.0. The first-order valence-corrected chi connectivity index (χ1v) is 16.2. The summed E-state index contributed by atoms with van der Waals surface area (Å²) in [5.74, 6) is 1.83. The monoisotopic (exact) mass is 527 g/mol. The topological polar surface area (TPSA) is 73.7 Å².